The monoisotopic (exact) mass is 355 g/mol. The van der Waals surface area contributed by atoms with Crippen LogP contribution in [0, 0.1) is 5.82 Å². The van der Waals surface area contributed by atoms with Gasteiger partial charge in [-0.25, -0.2) is 4.39 Å². The largest absolute Gasteiger partial charge is 0.374 e. The van der Waals surface area contributed by atoms with Gasteiger partial charge >= 0.3 is 0 Å². The van der Waals surface area contributed by atoms with Gasteiger partial charge in [-0.05, 0) is 75.9 Å². The topological polar surface area (TPSA) is 12.5 Å². The van der Waals surface area contributed by atoms with Crippen molar-refractivity contribution in [2.24, 2.45) is 0 Å². The fraction of sp³-hybridized carbons (Fsp3) is 0.478. The van der Waals surface area contributed by atoms with E-state index in [4.69, 9.17) is 4.74 Å². The van der Waals surface area contributed by atoms with Gasteiger partial charge in [-0.1, -0.05) is 42.5 Å². The van der Waals surface area contributed by atoms with Crippen LogP contribution in [0.15, 0.2) is 54.6 Å². The predicted octanol–water partition coefficient (Wildman–Crippen LogP) is 5.22. The second kappa shape index (κ2) is 8.79. The Morgan fingerprint density at radius 1 is 0.962 bits per heavy atom. The van der Waals surface area contributed by atoms with E-state index in [1.54, 1.807) is 0 Å². The van der Waals surface area contributed by atoms with Crippen molar-refractivity contribution < 1.29 is 9.13 Å². The highest BCUT2D eigenvalue weighted by Crippen LogP contribution is 2.37. The van der Waals surface area contributed by atoms with Gasteiger partial charge in [-0.15, -0.1) is 0 Å². The minimum Gasteiger partial charge on any atom is -0.374 e. The Hall–Kier alpha value is -1.71. The molecule has 0 saturated heterocycles. The lowest BCUT2D eigenvalue weighted by Gasteiger charge is -2.45. The molecule has 0 aliphatic heterocycles. The summed E-state index contributed by atoms with van der Waals surface area (Å²) < 4.78 is 19.1. The second-order valence-corrected chi connectivity index (χ2v) is 7.74. The summed E-state index contributed by atoms with van der Waals surface area (Å²) in [5.74, 6) is -0.194. The van der Waals surface area contributed by atoms with Crippen molar-refractivity contribution in [2.75, 3.05) is 14.1 Å². The molecule has 0 heterocycles. The Bertz CT molecular complexity index is 660. The summed E-state index contributed by atoms with van der Waals surface area (Å²) in [6.07, 6.45) is 7.14. The molecule has 140 valence electrons. The van der Waals surface area contributed by atoms with Crippen LogP contribution in [0.2, 0.25) is 0 Å². The van der Waals surface area contributed by atoms with E-state index in [9.17, 15) is 4.39 Å². The highest BCUT2D eigenvalue weighted by atomic mass is 19.1. The van der Waals surface area contributed by atoms with Crippen LogP contribution in [-0.4, -0.2) is 30.6 Å². The molecule has 0 spiro atoms. The van der Waals surface area contributed by atoms with Gasteiger partial charge in [0.05, 0.1) is 12.7 Å². The fourth-order valence-electron chi connectivity index (χ4n) is 4.03. The smallest absolute Gasteiger partial charge is 0.123 e. The fourth-order valence-corrected chi connectivity index (χ4v) is 4.03. The van der Waals surface area contributed by atoms with Crippen molar-refractivity contribution in [3.8, 4) is 0 Å². The van der Waals surface area contributed by atoms with Gasteiger partial charge in [0.2, 0.25) is 0 Å². The molecule has 0 amide bonds. The molecule has 3 rings (SSSR count). The third-order valence-corrected chi connectivity index (χ3v) is 5.93. The Morgan fingerprint density at radius 3 is 2.23 bits per heavy atom. The van der Waals surface area contributed by atoms with E-state index in [2.05, 4.69) is 49.3 Å². The SMILES string of the molecule is CN(C)[C@]1(CCc2ccccc2)CC[C@@H](OCc2ccc(F)cc2)CC1. The molecule has 3 heteroatoms. The second-order valence-electron chi connectivity index (χ2n) is 7.74. The highest BCUT2D eigenvalue weighted by Gasteiger charge is 2.37. The molecular weight excluding hydrogens is 325 g/mol. The molecular formula is C23H30FNO. The molecule has 2 aromatic rings. The first-order valence-electron chi connectivity index (χ1n) is 9.65. The van der Waals surface area contributed by atoms with E-state index >= 15 is 0 Å². The molecule has 1 aliphatic carbocycles. The number of ether oxygens (including phenoxy) is 1. The van der Waals surface area contributed by atoms with E-state index in [0.29, 0.717) is 12.7 Å². The summed E-state index contributed by atoms with van der Waals surface area (Å²) in [7, 11) is 4.43. The zero-order chi connectivity index (χ0) is 18.4. The van der Waals surface area contributed by atoms with Gasteiger partial charge in [-0.3, -0.25) is 0 Å². The van der Waals surface area contributed by atoms with Crippen LogP contribution >= 0.6 is 0 Å². The van der Waals surface area contributed by atoms with Crippen LogP contribution < -0.4 is 0 Å². The quantitative estimate of drug-likeness (QED) is 0.675. The van der Waals surface area contributed by atoms with E-state index in [1.807, 2.05) is 12.1 Å². The molecule has 0 aromatic heterocycles. The summed E-state index contributed by atoms with van der Waals surface area (Å²) in [4.78, 5) is 2.42. The Kier molecular flexibility index (Phi) is 6.44. The van der Waals surface area contributed by atoms with E-state index in [-0.39, 0.29) is 11.4 Å². The van der Waals surface area contributed by atoms with Crippen LogP contribution in [0.3, 0.4) is 0 Å². The van der Waals surface area contributed by atoms with Crippen LogP contribution in [0.4, 0.5) is 4.39 Å². The number of rotatable bonds is 7. The third-order valence-electron chi connectivity index (χ3n) is 5.93. The molecule has 0 unspecified atom stereocenters. The average molecular weight is 355 g/mol. The first kappa shape index (κ1) is 19.1. The Labute approximate surface area is 157 Å². The minimum atomic E-state index is -0.194. The van der Waals surface area contributed by atoms with Crippen LogP contribution in [0.5, 0.6) is 0 Å². The van der Waals surface area contributed by atoms with Crippen molar-refractivity contribution in [3.63, 3.8) is 0 Å². The Balaban J connectivity index is 1.51. The minimum absolute atomic E-state index is 0.194. The summed E-state index contributed by atoms with van der Waals surface area (Å²) in [6.45, 7) is 0.573. The molecule has 2 aromatic carbocycles. The van der Waals surface area contributed by atoms with Gasteiger partial charge in [0.1, 0.15) is 5.82 Å². The summed E-state index contributed by atoms with van der Waals surface area (Å²) >= 11 is 0. The van der Waals surface area contributed by atoms with Crippen LogP contribution in [-0.2, 0) is 17.8 Å². The van der Waals surface area contributed by atoms with Crippen molar-refractivity contribution >= 4 is 0 Å². The molecule has 2 nitrogen and oxygen atoms in total. The van der Waals surface area contributed by atoms with Gasteiger partial charge < -0.3 is 9.64 Å². The maximum Gasteiger partial charge on any atom is 0.123 e. The maximum atomic E-state index is 13.0. The normalized spacial score (nSPS) is 23.3. The molecule has 26 heavy (non-hydrogen) atoms. The lowest BCUT2D eigenvalue weighted by atomic mass is 9.76. The van der Waals surface area contributed by atoms with Crippen molar-refractivity contribution in [1.82, 2.24) is 4.90 Å². The lowest BCUT2D eigenvalue weighted by molar-refractivity contribution is -0.0254. The van der Waals surface area contributed by atoms with Gasteiger partial charge in [0.15, 0.2) is 0 Å². The van der Waals surface area contributed by atoms with Crippen molar-refractivity contribution in [1.29, 1.82) is 0 Å². The average Bonchev–Trinajstić information content (AvgIpc) is 2.67. The molecule has 1 fully saturated rings. The zero-order valence-electron chi connectivity index (χ0n) is 16.0. The van der Waals surface area contributed by atoms with Crippen molar-refractivity contribution in [2.45, 2.75) is 56.8 Å². The third kappa shape index (κ3) is 4.93. The molecule has 0 radical (unpaired) electrons. The molecule has 0 bridgehead atoms. The van der Waals surface area contributed by atoms with Gasteiger partial charge in [-0.2, -0.15) is 0 Å². The summed E-state index contributed by atoms with van der Waals surface area (Å²) in [5.41, 5.74) is 2.73. The number of benzene rings is 2. The van der Waals surface area contributed by atoms with Crippen LogP contribution in [0.25, 0.3) is 0 Å². The molecule has 1 aliphatic rings. The number of hydrogen-bond acceptors (Lipinski definition) is 2. The number of halogens is 1. The van der Waals surface area contributed by atoms with Gasteiger partial charge in [0.25, 0.3) is 0 Å². The van der Waals surface area contributed by atoms with Gasteiger partial charge in [0, 0.05) is 5.54 Å². The first-order valence-corrected chi connectivity index (χ1v) is 9.65. The molecule has 0 N–H and O–H groups in total. The van der Waals surface area contributed by atoms with Crippen molar-refractivity contribution in [3.05, 3.63) is 71.5 Å². The highest BCUT2D eigenvalue weighted by molar-refractivity contribution is 5.16. The molecule has 0 atom stereocenters. The zero-order valence-corrected chi connectivity index (χ0v) is 16.0. The standard InChI is InChI=1S/C23H30FNO/c1-25(2)23(15-12-19-6-4-3-5-7-19)16-13-22(14-17-23)26-18-20-8-10-21(24)11-9-20/h3-11,22H,12-18H2,1-2H3/t22-,23-. The van der Waals surface area contributed by atoms with Crippen LogP contribution in [0.1, 0.15) is 43.2 Å². The number of nitrogens with zero attached hydrogens (tertiary/aromatic N) is 1. The van der Waals surface area contributed by atoms with E-state index in [0.717, 1.165) is 24.8 Å². The maximum absolute atomic E-state index is 13.0. The predicted molar refractivity (Wildman–Crippen MR) is 105 cm³/mol. The molecule has 1 saturated carbocycles. The number of hydrogen-bond donors (Lipinski definition) is 0. The Morgan fingerprint density at radius 2 is 1.62 bits per heavy atom. The number of aryl methyl sites for hydroxylation is 1. The van der Waals surface area contributed by atoms with E-state index < -0.39 is 0 Å². The summed E-state index contributed by atoms with van der Waals surface area (Å²) in [5, 5.41) is 0. The lowest BCUT2D eigenvalue weighted by Crippen LogP contribution is -2.48. The van der Waals surface area contributed by atoms with E-state index in [1.165, 1.54) is 37.0 Å². The summed E-state index contributed by atoms with van der Waals surface area (Å²) in [6, 6.07) is 17.4. The first-order chi connectivity index (χ1) is 12.6.